The van der Waals surface area contributed by atoms with Gasteiger partial charge in [0.2, 0.25) is 5.88 Å². The first-order valence-corrected chi connectivity index (χ1v) is 13.1. The van der Waals surface area contributed by atoms with Gasteiger partial charge in [-0.2, -0.15) is 13.2 Å². The molecule has 4 aromatic rings. The van der Waals surface area contributed by atoms with E-state index in [1.807, 2.05) is 37.3 Å². The van der Waals surface area contributed by atoms with Gasteiger partial charge in [0.15, 0.2) is 5.82 Å². The lowest BCUT2D eigenvalue weighted by Gasteiger charge is -2.13. The summed E-state index contributed by atoms with van der Waals surface area (Å²) >= 11 is 0. The Morgan fingerprint density at radius 3 is 2.46 bits per heavy atom. The van der Waals surface area contributed by atoms with Crippen molar-refractivity contribution >= 4 is 5.97 Å². The number of carboxylic acid groups (broad SMARTS) is 1. The molecule has 0 unspecified atom stereocenters. The average molecular weight is 570 g/mol. The number of hydrogen-bond donors (Lipinski definition) is 1. The van der Waals surface area contributed by atoms with E-state index >= 15 is 0 Å². The molecule has 0 bridgehead atoms. The minimum Gasteiger partial charge on any atom is -0.493 e. The van der Waals surface area contributed by atoms with Gasteiger partial charge in [-0.3, -0.25) is 4.79 Å². The molecule has 0 aliphatic rings. The van der Waals surface area contributed by atoms with E-state index in [1.54, 1.807) is 24.4 Å². The summed E-state index contributed by atoms with van der Waals surface area (Å²) in [5.74, 6) is 0.900. The zero-order valence-corrected chi connectivity index (χ0v) is 22.4. The smallest absolute Gasteiger partial charge is 0.417 e. The summed E-state index contributed by atoms with van der Waals surface area (Å²) in [5.41, 5.74) is 1.66. The second-order valence-electron chi connectivity index (χ2n) is 9.13. The molecule has 0 saturated heterocycles. The Bertz CT molecular complexity index is 1420. The lowest BCUT2D eigenvalue weighted by atomic mass is 10.1. The fourth-order valence-corrected chi connectivity index (χ4v) is 4.03. The van der Waals surface area contributed by atoms with Crippen molar-refractivity contribution in [2.75, 3.05) is 13.2 Å². The fraction of sp³-hybridized carbons (Fsp3) is 0.300. The molecule has 216 valence electrons. The van der Waals surface area contributed by atoms with Gasteiger partial charge in [0.25, 0.3) is 0 Å². The predicted molar refractivity (Wildman–Crippen MR) is 145 cm³/mol. The summed E-state index contributed by atoms with van der Waals surface area (Å²) in [5, 5.41) is 13.4. The van der Waals surface area contributed by atoms with Gasteiger partial charge in [0.1, 0.15) is 18.1 Å². The van der Waals surface area contributed by atoms with Crippen LogP contribution in [0.3, 0.4) is 0 Å². The van der Waals surface area contributed by atoms with Gasteiger partial charge in [-0.15, -0.1) is 5.10 Å². The highest BCUT2D eigenvalue weighted by Gasteiger charge is 2.30. The van der Waals surface area contributed by atoms with Gasteiger partial charge >= 0.3 is 12.1 Å². The van der Waals surface area contributed by atoms with Gasteiger partial charge in [0.05, 0.1) is 18.8 Å². The Kier molecular flexibility index (Phi) is 9.83. The Labute approximate surface area is 235 Å². The second-order valence-corrected chi connectivity index (χ2v) is 9.13. The number of ether oxygens (including phenoxy) is 3. The summed E-state index contributed by atoms with van der Waals surface area (Å²) in [4.78, 5) is 14.9. The standard InChI is InChI=1S/C30H30F3N3O5/c1-2-39-26-17-25(13-10-22(26)11-15-28(37)38)40-16-6-9-23-19-36(27-14-12-24(18-34-27)30(31,32)33)35-29(23)41-20-21-7-4-3-5-8-21/h3-5,7-8,10,12-14,17-19H,2,6,9,11,15-16,20H2,1H3,(H,37,38). The molecule has 8 nitrogen and oxygen atoms in total. The summed E-state index contributed by atoms with van der Waals surface area (Å²) in [6.45, 7) is 2.93. The number of aromatic nitrogens is 3. The molecule has 2 aromatic carbocycles. The molecule has 0 radical (unpaired) electrons. The van der Waals surface area contributed by atoms with E-state index in [-0.39, 0.29) is 18.8 Å². The lowest BCUT2D eigenvalue weighted by molar-refractivity contribution is -0.138. The van der Waals surface area contributed by atoms with Crippen LogP contribution in [0.15, 0.2) is 73.1 Å². The molecule has 41 heavy (non-hydrogen) atoms. The average Bonchev–Trinajstić information content (AvgIpc) is 3.37. The number of halogens is 3. The number of aliphatic carboxylic acids is 1. The number of nitrogens with zero attached hydrogens (tertiary/aromatic N) is 3. The molecular formula is C30H30F3N3O5. The van der Waals surface area contributed by atoms with E-state index in [0.29, 0.717) is 49.9 Å². The van der Waals surface area contributed by atoms with Crippen LogP contribution in [0, 0.1) is 0 Å². The summed E-state index contributed by atoms with van der Waals surface area (Å²) in [6.07, 6.45) is -0.525. The number of hydrogen-bond acceptors (Lipinski definition) is 6. The highest BCUT2D eigenvalue weighted by molar-refractivity contribution is 5.67. The summed E-state index contributed by atoms with van der Waals surface area (Å²) in [7, 11) is 0. The SMILES string of the molecule is CCOc1cc(OCCCc2cn(-c3ccc(C(F)(F)F)cn3)nc2OCc2ccccc2)ccc1CCC(=O)O. The third-order valence-corrected chi connectivity index (χ3v) is 6.09. The van der Waals surface area contributed by atoms with Crippen molar-refractivity contribution in [3.63, 3.8) is 0 Å². The van der Waals surface area contributed by atoms with Crippen molar-refractivity contribution in [2.45, 2.75) is 45.4 Å². The molecule has 0 amide bonds. The van der Waals surface area contributed by atoms with Crippen LogP contribution in [0.4, 0.5) is 13.2 Å². The normalized spacial score (nSPS) is 11.3. The van der Waals surface area contributed by atoms with E-state index in [1.165, 1.54) is 10.7 Å². The van der Waals surface area contributed by atoms with Crippen LogP contribution < -0.4 is 14.2 Å². The molecule has 2 heterocycles. The van der Waals surface area contributed by atoms with Gasteiger partial charge in [-0.05, 0) is 55.5 Å². The number of carbonyl (C=O) groups is 1. The number of alkyl halides is 3. The first-order valence-electron chi connectivity index (χ1n) is 13.1. The zero-order chi connectivity index (χ0) is 29.2. The van der Waals surface area contributed by atoms with E-state index in [9.17, 15) is 18.0 Å². The van der Waals surface area contributed by atoms with Gasteiger partial charge in [-0.1, -0.05) is 36.4 Å². The number of benzene rings is 2. The third kappa shape index (κ3) is 8.47. The Hall–Kier alpha value is -4.54. The van der Waals surface area contributed by atoms with Crippen LogP contribution in [0.1, 0.15) is 42.0 Å². The van der Waals surface area contributed by atoms with Crippen LogP contribution in [0.5, 0.6) is 17.4 Å². The third-order valence-electron chi connectivity index (χ3n) is 6.09. The van der Waals surface area contributed by atoms with E-state index in [4.69, 9.17) is 19.3 Å². The Morgan fingerprint density at radius 2 is 1.78 bits per heavy atom. The molecule has 4 rings (SSSR count). The van der Waals surface area contributed by atoms with Gasteiger partial charge in [-0.25, -0.2) is 9.67 Å². The molecule has 0 spiro atoms. The summed E-state index contributed by atoms with van der Waals surface area (Å²) in [6, 6.07) is 17.1. The molecule has 0 atom stereocenters. The second kappa shape index (κ2) is 13.7. The molecule has 1 N–H and O–H groups in total. The molecule has 11 heteroatoms. The van der Waals surface area contributed by atoms with Crippen LogP contribution in [-0.4, -0.2) is 39.1 Å². The molecule has 0 aliphatic carbocycles. The first kappa shape index (κ1) is 29.4. The largest absolute Gasteiger partial charge is 0.493 e. The van der Waals surface area contributed by atoms with Gasteiger partial charge < -0.3 is 19.3 Å². The minimum absolute atomic E-state index is 0.00459. The number of aryl methyl sites for hydroxylation is 2. The summed E-state index contributed by atoms with van der Waals surface area (Å²) < 4.78 is 57.9. The number of pyridine rings is 1. The maximum Gasteiger partial charge on any atom is 0.417 e. The number of rotatable bonds is 14. The van der Waals surface area contributed by atoms with Crippen LogP contribution >= 0.6 is 0 Å². The van der Waals surface area contributed by atoms with Crippen molar-refractivity contribution in [3.8, 4) is 23.2 Å². The Morgan fingerprint density at radius 1 is 0.976 bits per heavy atom. The van der Waals surface area contributed by atoms with Crippen molar-refractivity contribution in [1.29, 1.82) is 0 Å². The maximum atomic E-state index is 13.0. The Balaban J connectivity index is 1.43. The van der Waals surface area contributed by atoms with Crippen LogP contribution in [-0.2, 0) is 30.4 Å². The lowest BCUT2D eigenvalue weighted by Crippen LogP contribution is -2.07. The van der Waals surface area contributed by atoms with Crippen LogP contribution in [0.2, 0.25) is 0 Å². The molecule has 2 aromatic heterocycles. The highest BCUT2D eigenvalue weighted by atomic mass is 19.4. The zero-order valence-electron chi connectivity index (χ0n) is 22.4. The minimum atomic E-state index is -4.48. The molecule has 0 fully saturated rings. The van der Waals surface area contributed by atoms with E-state index in [2.05, 4.69) is 10.1 Å². The highest BCUT2D eigenvalue weighted by Crippen LogP contribution is 2.30. The maximum absolute atomic E-state index is 13.0. The van der Waals surface area contributed by atoms with E-state index < -0.39 is 17.7 Å². The fourth-order valence-electron chi connectivity index (χ4n) is 4.03. The molecular weight excluding hydrogens is 539 g/mol. The van der Waals surface area contributed by atoms with Crippen molar-refractivity contribution in [1.82, 2.24) is 14.8 Å². The monoisotopic (exact) mass is 569 g/mol. The quantitative estimate of drug-likeness (QED) is 0.178. The number of carboxylic acids is 1. The topological polar surface area (TPSA) is 95.7 Å². The van der Waals surface area contributed by atoms with Crippen molar-refractivity contribution in [2.24, 2.45) is 0 Å². The van der Waals surface area contributed by atoms with Crippen molar-refractivity contribution in [3.05, 3.63) is 95.3 Å². The first-order chi connectivity index (χ1) is 19.7. The van der Waals surface area contributed by atoms with Gasteiger partial charge in [0, 0.05) is 30.4 Å². The van der Waals surface area contributed by atoms with Crippen molar-refractivity contribution < 1.29 is 37.3 Å². The molecule has 0 aliphatic heterocycles. The molecule has 0 saturated carbocycles. The predicted octanol–water partition coefficient (Wildman–Crippen LogP) is 6.29. The van der Waals surface area contributed by atoms with E-state index in [0.717, 1.165) is 29.0 Å². The van der Waals surface area contributed by atoms with Crippen LogP contribution in [0.25, 0.3) is 5.82 Å².